The number of rotatable bonds is 1. The molecule has 1 heterocycles. The monoisotopic (exact) mass is 217 g/mol. The van der Waals surface area contributed by atoms with Crippen LogP contribution in [0.15, 0.2) is 18.2 Å². The summed E-state index contributed by atoms with van der Waals surface area (Å²) >= 11 is 0. The van der Waals surface area contributed by atoms with Gasteiger partial charge in [0.1, 0.15) is 5.75 Å². The lowest BCUT2D eigenvalue weighted by molar-refractivity contribution is 0.260. The summed E-state index contributed by atoms with van der Waals surface area (Å²) in [6.45, 7) is 1.19. The van der Waals surface area contributed by atoms with Crippen LogP contribution in [-0.4, -0.2) is 19.7 Å². The van der Waals surface area contributed by atoms with E-state index in [1.54, 1.807) is 7.11 Å². The van der Waals surface area contributed by atoms with Crippen LogP contribution in [0.4, 0.5) is 0 Å². The normalized spacial score (nSPS) is 28.1. The second-order valence-corrected chi connectivity index (χ2v) is 4.97. The van der Waals surface area contributed by atoms with Crippen LogP contribution in [0.3, 0.4) is 0 Å². The summed E-state index contributed by atoms with van der Waals surface area (Å²) in [6, 6.07) is 7.15. The third-order valence-corrected chi connectivity index (χ3v) is 4.08. The van der Waals surface area contributed by atoms with Crippen LogP contribution in [0, 0.1) is 5.92 Å². The van der Waals surface area contributed by atoms with Gasteiger partial charge in [0.2, 0.25) is 0 Å². The molecule has 1 fully saturated rings. The van der Waals surface area contributed by atoms with Crippen LogP contribution in [-0.2, 0) is 12.8 Å². The first-order valence-electron chi connectivity index (χ1n) is 6.26. The molecular weight excluding hydrogens is 198 g/mol. The molecule has 86 valence electrons. The van der Waals surface area contributed by atoms with E-state index in [0.717, 1.165) is 18.1 Å². The van der Waals surface area contributed by atoms with E-state index in [0.29, 0.717) is 6.04 Å². The van der Waals surface area contributed by atoms with Gasteiger partial charge in [0.25, 0.3) is 0 Å². The molecule has 16 heavy (non-hydrogen) atoms. The molecule has 2 atom stereocenters. The highest BCUT2D eigenvalue weighted by molar-refractivity contribution is 5.43. The quantitative estimate of drug-likeness (QED) is 0.778. The van der Waals surface area contributed by atoms with Crippen molar-refractivity contribution in [2.45, 2.75) is 31.7 Å². The number of fused-ring (bicyclic) bond motifs is 2. The van der Waals surface area contributed by atoms with Gasteiger partial charge >= 0.3 is 0 Å². The molecule has 0 amide bonds. The van der Waals surface area contributed by atoms with E-state index in [4.69, 9.17) is 4.74 Å². The summed E-state index contributed by atoms with van der Waals surface area (Å²) in [6.07, 6.45) is 5.09. The Labute approximate surface area is 97.0 Å². The zero-order valence-electron chi connectivity index (χ0n) is 9.83. The molecule has 0 spiro atoms. The van der Waals surface area contributed by atoms with E-state index < -0.39 is 0 Å². The molecule has 1 N–H and O–H groups in total. The lowest BCUT2D eigenvalue weighted by atomic mass is 9.76. The van der Waals surface area contributed by atoms with Crippen molar-refractivity contribution in [3.8, 4) is 5.75 Å². The SMILES string of the molecule is COc1cccc2c1C[C@H]1NCCC[C@H]1C2. The minimum Gasteiger partial charge on any atom is -0.496 e. The maximum atomic E-state index is 5.46. The third kappa shape index (κ3) is 1.61. The summed E-state index contributed by atoms with van der Waals surface area (Å²) in [7, 11) is 1.77. The molecule has 1 saturated heterocycles. The predicted octanol–water partition coefficient (Wildman–Crippen LogP) is 2.16. The second kappa shape index (κ2) is 4.10. The fourth-order valence-electron chi connectivity index (χ4n) is 3.23. The van der Waals surface area contributed by atoms with Gasteiger partial charge in [-0.1, -0.05) is 12.1 Å². The zero-order chi connectivity index (χ0) is 11.0. The smallest absolute Gasteiger partial charge is 0.122 e. The van der Waals surface area contributed by atoms with E-state index in [2.05, 4.69) is 23.5 Å². The van der Waals surface area contributed by atoms with E-state index in [1.807, 2.05) is 0 Å². The van der Waals surface area contributed by atoms with Crippen LogP contribution in [0.1, 0.15) is 24.0 Å². The van der Waals surface area contributed by atoms with Crippen LogP contribution in [0.5, 0.6) is 5.75 Å². The second-order valence-electron chi connectivity index (χ2n) is 4.97. The highest BCUT2D eigenvalue weighted by Crippen LogP contribution is 2.35. The van der Waals surface area contributed by atoms with Crippen molar-refractivity contribution >= 4 is 0 Å². The van der Waals surface area contributed by atoms with Crippen LogP contribution >= 0.6 is 0 Å². The molecule has 2 nitrogen and oxygen atoms in total. The lowest BCUT2D eigenvalue weighted by Gasteiger charge is -2.37. The van der Waals surface area contributed by atoms with Crippen molar-refractivity contribution in [2.24, 2.45) is 5.92 Å². The molecule has 0 radical (unpaired) electrons. The van der Waals surface area contributed by atoms with Gasteiger partial charge in [-0.15, -0.1) is 0 Å². The lowest BCUT2D eigenvalue weighted by Crippen LogP contribution is -2.46. The van der Waals surface area contributed by atoms with E-state index in [9.17, 15) is 0 Å². The Hall–Kier alpha value is -1.02. The first-order chi connectivity index (χ1) is 7.88. The van der Waals surface area contributed by atoms with Gasteiger partial charge in [0.15, 0.2) is 0 Å². The van der Waals surface area contributed by atoms with E-state index >= 15 is 0 Å². The van der Waals surface area contributed by atoms with Gasteiger partial charge in [0, 0.05) is 6.04 Å². The van der Waals surface area contributed by atoms with Crippen molar-refractivity contribution in [1.82, 2.24) is 5.32 Å². The zero-order valence-corrected chi connectivity index (χ0v) is 9.83. The highest BCUT2D eigenvalue weighted by atomic mass is 16.5. The number of hydrogen-bond acceptors (Lipinski definition) is 2. The molecule has 1 aliphatic heterocycles. The number of nitrogens with one attached hydrogen (secondary N) is 1. The Morgan fingerprint density at radius 3 is 3.12 bits per heavy atom. The molecule has 2 heteroatoms. The Bertz CT molecular complexity index is 388. The molecule has 1 aromatic rings. The molecule has 0 bridgehead atoms. The number of piperidine rings is 1. The Kier molecular flexibility index (Phi) is 2.60. The number of methoxy groups -OCH3 is 1. The maximum absolute atomic E-state index is 5.46. The van der Waals surface area contributed by atoms with Crippen molar-refractivity contribution in [3.63, 3.8) is 0 Å². The molecule has 0 saturated carbocycles. The van der Waals surface area contributed by atoms with Gasteiger partial charge in [-0.2, -0.15) is 0 Å². The Morgan fingerprint density at radius 1 is 1.31 bits per heavy atom. The minimum absolute atomic E-state index is 0.678. The predicted molar refractivity (Wildman–Crippen MR) is 64.9 cm³/mol. The fraction of sp³-hybridized carbons (Fsp3) is 0.571. The first kappa shape index (κ1) is 10.2. The summed E-state index contributed by atoms with van der Waals surface area (Å²) in [5.41, 5.74) is 2.94. The summed E-state index contributed by atoms with van der Waals surface area (Å²) in [5, 5.41) is 3.66. The molecule has 1 aromatic carbocycles. The first-order valence-corrected chi connectivity index (χ1v) is 6.26. The van der Waals surface area contributed by atoms with Crippen LogP contribution in [0.2, 0.25) is 0 Å². The average molecular weight is 217 g/mol. The average Bonchev–Trinajstić information content (AvgIpc) is 2.35. The Balaban J connectivity index is 1.95. The van der Waals surface area contributed by atoms with Crippen molar-refractivity contribution < 1.29 is 4.74 Å². The largest absolute Gasteiger partial charge is 0.496 e. The van der Waals surface area contributed by atoms with Gasteiger partial charge in [-0.05, 0) is 55.3 Å². The van der Waals surface area contributed by atoms with E-state index in [-0.39, 0.29) is 0 Å². The molecule has 0 unspecified atom stereocenters. The number of benzene rings is 1. The molecular formula is C14H19NO. The van der Waals surface area contributed by atoms with Gasteiger partial charge in [-0.25, -0.2) is 0 Å². The summed E-state index contributed by atoms with van der Waals surface area (Å²) in [4.78, 5) is 0. The van der Waals surface area contributed by atoms with Gasteiger partial charge in [0.05, 0.1) is 7.11 Å². The third-order valence-electron chi connectivity index (χ3n) is 4.08. The summed E-state index contributed by atoms with van der Waals surface area (Å²) in [5.74, 6) is 1.91. The topological polar surface area (TPSA) is 21.3 Å². The van der Waals surface area contributed by atoms with Crippen molar-refractivity contribution in [3.05, 3.63) is 29.3 Å². The number of ether oxygens (including phenoxy) is 1. The van der Waals surface area contributed by atoms with E-state index in [1.165, 1.54) is 36.9 Å². The Morgan fingerprint density at radius 2 is 2.25 bits per heavy atom. The fourth-order valence-corrected chi connectivity index (χ4v) is 3.23. The molecule has 0 aromatic heterocycles. The van der Waals surface area contributed by atoms with Gasteiger partial charge in [-0.3, -0.25) is 0 Å². The van der Waals surface area contributed by atoms with Crippen LogP contribution in [0.25, 0.3) is 0 Å². The minimum atomic E-state index is 0.678. The van der Waals surface area contributed by atoms with Crippen molar-refractivity contribution in [2.75, 3.05) is 13.7 Å². The molecule has 3 rings (SSSR count). The van der Waals surface area contributed by atoms with Crippen molar-refractivity contribution in [1.29, 1.82) is 0 Å². The summed E-state index contributed by atoms with van der Waals surface area (Å²) < 4.78 is 5.46. The number of hydrogen-bond donors (Lipinski definition) is 1. The standard InChI is InChI=1S/C14H19NO/c1-16-14-6-2-4-10-8-11-5-3-7-15-13(11)9-12(10)14/h2,4,6,11,13,15H,3,5,7-9H2,1H3/t11-,13+/m0/s1. The highest BCUT2D eigenvalue weighted by Gasteiger charge is 2.31. The van der Waals surface area contributed by atoms with Gasteiger partial charge < -0.3 is 10.1 Å². The maximum Gasteiger partial charge on any atom is 0.122 e. The molecule has 2 aliphatic rings. The van der Waals surface area contributed by atoms with Crippen LogP contribution < -0.4 is 10.1 Å². The molecule has 1 aliphatic carbocycles.